The predicted octanol–water partition coefficient (Wildman–Crippen LogP) is 3.47. The minimum atomic E-state index is -0.285. The van der Waals surface area contributed by atoms with Crippen LogP contribution in [0.25, 0.3) is 0 Å². The molecule has 2 amide bonds. The molecule has 0 radical (unpaired) electrons. The highest BCUT2D eigenvalue weighted by Crippen LogP contribution is 2.20. The molecule has 0 heterocycles. The van der Waals surface area contributed by atoms with Crippen molar-refractivity contribution in [2.45, 2.75) is 30.3 Å². The van der Waals surface area contributed by atoms with E-state index in [2.05, 4.69) is 5.32 Å². The van der Waals surface area contributed by atoms with Gasteiger partial charge in [0.1, 0.15) is 5.82 Å². The van der Waals surface area contributed by atoms with Crippen LogP contribution in [0.3, 0.4) is 0 Å². The summed E-state index contributed by atoms with van der Waals surface area (Å²) >= 11 is 1.38. The Kier molecular flexibility index (Phi) is 5.93. The number of hydrogen-bond donors (Lipinski definition) is 1. The molecule has 1 aliphatic rings. The summed E-state index contributed by atoms with van der Waals surface area (Å²) in [5.41, 5.74) is 1.61. The van der Waals surface area contributed by atoms with Crippen LogP contribution in [0.5, 0.6) is 0 Å². The van der Waals surface area contributed by atoms with Gasteiger partial charge in [0.05, 0.1) is 5.75 Å². The van der Waals surface area contributed by atoms with Gasteiger partial charge >= 0.3 is 0 Å². The number of carbonyl (C=O) groups is 2. The zero-order valence-corrected chi connectivity index (χ0v) is 15.4. The topological polar surface area (TPSA) is 49.4 Å². The normalized spacial score (nSPS) is 13.3. The fourth-order valence-electron chi connectivity index (χ4n) is 2.41. The van der Waals surface area contributed by atoms with Crippen molar-refractivity contribution in [2.24, 2.45) is 0 Å². The van der Waals surface area contributed by atoms with Crippen molar-refractivity contribution in [2.75, 3.05) is 12.8 Å². The standard InChI is InChI=1S/C20H21FN2O2S/c1-23(19(24)13-26-18-10-6-16(21)7-11-18)12-14-2-4-15(5-3-14)20(25)22-17-8-9-17/h2-7,10-11,17H,8-9,12-13H2,1H3,(H,22,25). The Hall–Kier alpha value is -2.34. The maximum absolute atomic E-state index is 12.9. The Labute approximate surface area is 156 Å². The summed E-state index contributed by atoms with van der Waals surface area (Å²) in [6, 6.07) is 13.8. The maximum atomic E-state index is 12.9. The van der Waals surface area contributed by atoms with Crippen LogP contribution in [-0.2, 0) is 11.3 Å². The molecule has 1 N–H and O–H groups in total. The lowest BCUT2D eigenvalue weighted by Crippen LogP contribution is -2.28. The van der Waals surface area contributed by atoms with Crippen molar-refractivity contribution in [3.05, 3.63) is 65.5 Å². The molecule has 4 nitrogen and oxygen atoms in total. The zero-order chi connectivity index (χ0) is 18.5. The smallest absolute Gasteiger partial charge is 0.251 e. The summed E-state index contributed by atoms with van der Waals surface area (Å²) in [6.07, 6.45) is 2.12. The van der Waals surface area contributed by atoms with Gasteiger partial charge in [-0.15, -0.1) is 11.8 Å². The van der Waals surface area contributed by atoms with Crippen LogP contribution in [0, 0.1) is 5.82 Å². The molecule has 0 aliphatic heterocycles. The number of benzene rings is 2. The van der Waals surface area contributed by atoms with Gasteiger partial charge in [0.25, 0.3) is 5.91 Å². The van der Waals surface area contributed by atoms with Crippen molar-refractivity contribution in [1.82, 2.24) is 10.2 Å². The molecular weight excluding hydrogens is 351 g/mol. The molecule has 0 atom stereocenters. The molecule has 136 valence electrons. The molecule has 0 saturated heterocycles. The van der Waals surface area contributed by atoms with Crippen LogP contribution in [0.2, 0.25) is 0 Å². The molecule has 2 aromatic rings. The van der Waals surface area contributed by atoms with Gasteiger partial charge in [0.2, 0.25) is 5.91 Å². The van der Waals surface area contributed by atoms with E-state index in [4.69, 9.17) is 0 Å². The van der Waals surface area contributed by atoms with E-state index in [0.29, 0.717) is 23.9 Å². The average molecular weight is 372 g/mol. The Bertz CT molecular complexity index is 773. The largest absolute Gasteiger partial charge is 0.349 e. The molecule has 26 heavy (non-hydrogen) atoms. The second-order valence-electron chi connectivity index (χ2n) is 6.44. The van der Waals surface area contributed by atoms with Crippen LogP contribution in [0.1, 0.15) is 28.8 Å². The number of nitrogens with one attached hydrogen (secondary N) is 1. The van der Waals surface area contributed by atoms with Crippen LogP contribution < -0.4 is 5.32 Å². The first-order valence-corrected chi connectivity index (χ1v) is 9.52. The van der Waals surface area contributed by atoms with Crippen molar-refractivity contribution < 1.29 is 14.0 Å². The predicted molar refractivity (Wildman–Crippen MR) is 101 cm³/mol. The molecule has 2 aromatic carbocycles. The first-order chi connectivity index (χ1) is 12.5. The summed E-state index contributed by atoms with van der Waals surface area (Å²) in [5, 5.41) is 2.95. The summed E-state index contributed by atoms with van der Waals surface area (Å²) in [6.45, 7) is 0.479. The van der Waals surface area contributed by atoms with Crippen molar-refractivity contribution in [3.63, 3.8) is 0 Å². The monoisotopic (exact) mass is 372 g/mol. The van der Waals surface area contributed by atoms with Gasteiger partial charge in [0, 0.05) is 30.1 Å². The molecule has 6 heteroatoms. The molecule has 1 fully saturated rings. The summed E-state index contributed by atoms with van der Waals surface area (Å²) in [4.78, 5) is 26.7. The van der Waals surface area contributed by atoms with E-state index in [9.17, 15) is 14.0 Å². The van der Waals surface area contributed by atoms with E-state index >= 15 is 0 Å². The lowest BCUT2D eigenvalue weighted by atomic mass is 10.1. The maximum Gasteiger partial charge on any atom is 0.251 e. The van der Waals surface area contributed by atoms with Crippen molar-refractivity contribution >= 4 is 23.6 Å². The third-order valence-electron chi connectivity index (χ3n) is 4.15. The molecule has 1 saturated carbocycles. The van der Waals surface area contributed by atoms with E-state index in [1.807, 2.05) is 12.1 Å². The summed E-state index contributed by atoms with van der Waals surface area (Å²) < 4.78 is 12.9. The van der Waals surface area contributed by atoms with E-state index in [1.54, 1.807) is 36.2 Å². The molecule has 1 aliphatic carbocycles. The van der Waals surface area contributed by atoms with Crippen LogP contribution in [0.4, 0.5) is 4.39 Å². The van der Waals surface area contributed by atoms with Gasteiger partial charge in [-0.05, 0) is 54.8 Å². The number of halogens is 1. The Morgan fingerprint density at radius 1 is 1.12 bits per heavy atom. The van der Waals surface area contributed by atoms with Gasteiger partial charge in [-0.1, -0.05) is 12.1 Å². The Morgan fingerprint density at radius 2 is 1.77 bits per heavy atom. The summed E-state index contributed by atoms with van der Waals surface area (Å²) in [7, 11) is 1.75. The average Bonchev–Trinajstić information content (AvgIpc) is 3.45. The van der Waals surface area contributed by atoms with Gasteiger partial charge in [-0.3, -0.25) is 9.59 Å². The van der Waals surface area contributed by atoms with E-state index in [1.165, 1.54) is 23.9 Å². The highest BCUT2D eigenvalue weighted by molar-refractivity contribution is 8.00. The van der Waals surface area contributed by atoms with E-state index in [0.717, 1.165) is 23.3 Å². The highest BCUT2D eigenvalue weighted by Gasteiger charge is 2.23. The van der Waals surface area contributed by atoms with Gasteiger partial charge in [-0.25, -0.2) is 4.39 Å². The highest BCUT2D eigenvalue weighted by atomic mass is 32.2. The minimum Gasteiger partial charge on any atom is -0.349 e. The van der Waals surface area contributed by atoms with Crippen LogP contribution in [0.15, 0.2) is 53.4 Å². The fourth-order valence-corrected chi connectivity index (χ4v) is 3.25. The second kappa shape index (κ2) is 8.36. The van der Waals surface area contributed by atoms with E-state index < -0.39 is 0 Å². The Morgan fingerprint density at radius 3 is 2.38 bits per heavy atom. The summed E-state index contributed by atoms with van der Waals surface area (Å²) in [5.74, 6) is -0.0367. The van der Waals surface area contributed by atoms with Gasteiger partial charge in [0.15, 0.2) is 0 Å². The number of amides is 2. The van der Waals surface area contributed by atoms with Gasteiger partial charge < -0.3 is 10.2 Å². The number of nitrogens with zero attached hydrogens (tertiary/aromatic N) is 1. The zero-order valence-electron chi connectivity index (χ0n) is 14.6. The molecule has 0 unspecified atom stereocenters. The fraction of sp³-hybridized carbons (Fsp3) is 0.300. The first kappa shape index (κ1) is 18.5. The van der Waals surface area contributed by atoms with Crippen molar-refractivity contribution in [3.8, 4) is 0 Å². The number of rotatable bonds is 7. The Balaban J connectivity index is 1.48. The second-order valence-corrected chi connectivity index (χ2v) is 7.49. The molecule has 0 spiro atoms. The van der Waals surface area contributed by atoms with Gasteiger partial charge in [-0.2, -0.15) is 0 Å². The van der Waals surface area contributed by atoms with Crippen LogP contribution >= 0.6 is 11.8 Å². The third kappa shape index (κ3) is 5.33. The first-order valence-electron chi connectivity index (χ1n) is 8.53. The number of hydrogen-bond acceptors (Lipinski definition) is 3. The quantitative estimate of drug-likeness (QED) is 0.757. The lowest BCUT2D eigenvalue weighted by Gasteiger charge is -2.17. The lowest BCUT2D eigenvalue weighted by molar-refractivity contribution is -0.127. The number of carbonyl (C=O) groups excluding carboxylic acids is 2. The molecule has 0 aromatic heterocycles. The minimum absolute atomic E-state index is 0.00474. The molecule has 0 bridgehead atoms. The van der Waals surface area contributed by atoms with E-state index in [-0.39, 0.29) is 17.6 Å². The molecular formula is C20H21FN2O2S. The third-order valence-corrected chi connectivity index (χ3v) is 5.15. The van der Waals surface area contributed by atoms with Crippen LogP contribution in [-0.4, -0.2) is 35.6 Å². The SMILES string of the molecule is CN(Cc1ccc(C(=O)NC2CC2)cc1)C(=O)CSc1ccc(F)cc1. The molecule has 3 rings (SSSR count). The number of thioether (sulfide) groups is 1. The van der Waals surface area contributed by atoms with Crippen molar-refractivity contribution in [1.29, 1.82) is 0 Å².